The van der Waals surface area contributed by atoms with Crippen LogP contribution in [-0.4, -0.2) is 71.0 Å². The van der Waals surface area contributed by atoms with E-state index in [1.807, 2.05) is 0 Å². The molecule has 2 rings (SSSR count). The summed E-state index contributed by atoms with van der Waals surface area (Å²) in [5.74, 6) is -4.64. The van der Waals surface area contributed by atoms with Crippen molar-refractivity contribution >= 4 is 29.5 Å². The number of halogens is 1. The number of hydrogen-bond donors (Lipinski definition) is 3. The lowest BCUT2D eigenvalue weighted by atomic mass is 10.00. The second-order valence-electron chi connectivity index (χ2n) is 5.84. The first kappa shape index (κ1) is 21.9. The van der Waals surface area contributed by atoms with E-state index in [1.165, 1.54) is 0 Å². The molecule has 1 atom stereocenters. The summed E-state index contributed by atoms with van der Waals surface area (Å²) in [7, 11) is 2.06. The monoisotopic (exact) mass is 387 g/mol. The summed E-state index contributed by atoms with van der Waals surface area (Å²) in [6.45, 7) is 1.61. The van der Waals surface area contributed by atoms with Crippen LogP contribution in [0.4, 0.5) is 0 Å². The molecule has 1 aromatic carbocycles. The van der Waals surface area contributed by atoms with Gasteiger partial charge in [-0.1, -0.05) is 23.7 Å². The van der Waals surface area contributed by atoms with E-state index in [9.17, 15) is 9.90 Å². The zero-order valence-electron chi connectivity index (χ0n) is 14.3. The minimum absolute atomic E-state index is 0.0416. The van der Waals surface area contributed by atoms with Crippen molar-refractivity contribution in [2.45, 2.75) is 24.9 Å². The highest BCUT2D eigenvalue weighted by atomic mass is 35.5. The number of benzene rings is 1. The molecule has 8 nitrogen and oxygen atoms in total. The predicted molar refractivity (Wildman–Crippen MR) is 93.2 cm³/mol. The molecular weight excluding hydrogens is 366 g/mol. The van der Waals surface area contributed by atoms with E-state index in [4.69, 9.17) is 36.1 Å². The van der Waals surface area contributed by atoms with Gasteiger partial charge in [0, 0.05) is 18.1 Å². The number of ether oxygens (including phenoxy) is 1. The smallest absolute Gasteiger partial charge is 0.414 e. The van der Waals surface area contributed by atoms with Crippen molar-refractivity contribution in [3.05, 3.63) is 34.9 Å². The van der Waals surface area contributed by atoms with Crippen molar-refractivity contribution in [2.24, 2.45) is 0 Å². The van der Waals surface area contributed by atoms with Crippen LogP contribution in [0.3, 0.4) is 0 Å². The Morgan fingerprint density at radius 1 is 1.15 bits per heavy atom. The molecule has 1 aromatic rings. The van der Waals surface area contributed by atoms with Gasteiger partial charge < -0.3 is 25.0 Å². The summed E-state index contributed by atoms with van der Waals surface area (Å²) >= 11 is 5.83. The standard InChI is InChI=1S/C15H20ClNO3.C2H2O4/c1-17-8-6-13(7-9-17)20-15(19)14(10-18)11-2-4-12(16)5-3-11;3-1(4)2(5)6/h2-5,13-14,18H,6-10H2,1H3;(H,3,4)(H,5,6). The van der Waals surface area contributed by atoms with Crippen LogP contribution < -0.4 is 0 Å². The molecule has 26 heavy (non-hydrogen) atoms. The molecule has 1 aliphatic rings. The van der Waals surface area contributed by atoms with E-state index in [-0.39, 0.29) is 18.7 Å². The molecule has 0 bridgehead atoms. The molecule has 0 radical (unpaired) electrons. The number of nitrogens with zero attached hydrogens (tertiary/aromatic N) is 1. The van der Waals surface area contributed by atoms with Gasteiger partial charge in [0.2, 0.25) is 0 Å². The van der Waals surface area contributed by atoms with Crippen molar-refractivity contribution in [3.8, 4) is 0 Å². The Balaban J connectivity index is 0.000000487. The number of aliphatic hydroxyl groups is 1. The molecule has 1 fully saturated rings. The van der Waals surface area contributed by atoms with Crippen LogP contribution in [0.5, 0.6) is 0 Å². The highest BCUT2D eigenvalue weighted by molar-refractivity contribution is 6.30. The summed E-state index contributed by atoms with van der Waals surface area (Å²) < 4.78 is 5.52. The maximum atomic E-state index is 12.2. The minimum Gasteiger partial charge on any atom is -0.473 e. The third kappa shape index (κ3) is 7.38. The molecule has 1 saturated heterocycles. The first-order valence-electron chi connectivity index (χ1n) is 7.96. The topological polar surface area (TPSA) is 124 Å². The summed E-state index contributed by atoms with van der Waals surface area (Å²) in [4.78, 5) is 32.6. The van der Waals surface area contributed by atoms with Crippen LogP contribution in [0.1, 0.15) is 24.3 Å². The zero-order valence-corrected chi connectivity index (χ0v) is 15.1. The van der Waals surface area contributed by atoms with E-state index in [0.717, 1.165) is 31.5 Å². The maximum absolute atomic E-state index is 12.2. The molecule has 0 aliphatic carbocycles. The van der Waals surface area contributed by atoms with Gasteiger partial charge in [-0.3, -0.25) is 4.79 Å². The van der Waals surface area contributed by atoms with Gasteiger partial charge in [-0.25, -0.2) is 9.59 Å². The molecule has 0 spiro atoms. The second-order valence-corrected chi connectivity index (χ2v) is 6.27. The molecule has 144 valence electrons. The summed E-state index contributed by atoms with van der Waals surface area (Å²) in [6.07, 6.45) is 1.65. The molecule has 0 aromatic heterocycles. The number of carboxylic acid groups (broad SMARTS) is 2. The Morgan fingerprint density at radius 2 is 1.65 bits per heavy atom. The fourth-order valence-electron chi connectivity index (χ4n) is 2.36. The number of carboxylic acids is 2. The SMILES string of the molecule is CN1CCC(OC(=O)C(CO)c2ccc(Cl)cc2)CC1.O=C(O)C(=O)O. The normalized spacial score (nSPS) is 16.1. The van der Waals surface area contributed by atoms with Crippen LogP contribution in [0.25, 0.3) is 0 Å². The van der Waals surface area contributed by atoms with Gasteiger partial charge >= 0.3 is 17.9 Å². The molecule has 0 amide bonds. The minimum atomic E-state index is -1.82. The van der Waals surface area contributed by atoms with Crippen LogP contribution in [0.2, 0.25) is 5.02 Å². The zero-order chi connectivity index (χ0) is 19.7. The largest absolute Gasteiger partial charge is 0.473 e. The van der Waals surface area contributed by atoms with Crippen molar-refractivity contribution < 1.29 is 34.4 Å². The summed E-state index contributed by atoms with van der Waals surface area (Å²) in [5, 5.41) is 24.8. The lowest BCUT2D eigenvalue weighted by molar-refractivity contribution is -0.159. The van der Waals surface area contributed by atoms with Gasteiger partial charge in [0.05, 0.1) is 6.61 Å². The molecule has 9 heteroatoms. The molecular formula is C17H22ClNO7. The number of hydrogen-bond acceptors (Lipinski definition) is 6. The van der Waals surface area contributed by atoms with Gasteiger partial charge in [-0.2, -0.15) is 0 Å². The summed E-state index contributed by atoms with van der Waals surface area (Å²) in [6, 6.07) is 6.92. The Bertz CT molecular complexity index is 600. The predicted octanol–water partition coefficient (Wildman–Crippen LogP) is 1.21. The second kappa shape index (κ2) is 10.7. The fourth-order valence-corrected chi connectivity index (χ4v) is 2.49. The van der Waals surface area contributed by atoms with E-state index >= 15 is 0 Å². The number of carbonyl (C=O) groups is 3. The quantitative estimate of drug-likeness (QED) is 0.520. The van der Waals surface area contributed by atoms with E-state index in [0.29, 0.717) is 5.02 Å². The number of esters is 1. The third-order valence-corrected chi connectivity index (χ3v) is 4.12. The Hall–Kier alpha value is -2.16. The van der Waals surface area contributed by atoms with Crippen molar-refractivity contribution in [1.82, 2.24) is 4.90 Å². The number of likely N-dealkylation sites (tertiary alicyclic amines) is 1. The van der Waals surface area contributed by atoms with Crippen LogP contribution in [-0.2, 0) is 19.1 Å². The average Bonchev–Trinajstić information content (AvgIpc) is 2.60. The summed E-state index contributed by atoms with van der Waals surface area (Å²) in [5.41, 5.74) is 0.731. The average molecular weight is 388 g/mol. The van der Waals surface area contributed by atoms with Crippen molar-refractivity contribution in [2.75, 3.05) is 26.7 Å². The Morgan fingerprint density at radius 3 is 2.08 bits per heavy atom. The van der Waals surface area contributed by atoms with Crippen molar-refractivity contribution in [1.29, 1.82) is 0 Å². The maximum Gasteiger partial charge on any atom is 0.414 e. The van der Waals surface area contributed by atoms with Gasteiger partial charge in [-0.15, -0.1) is 0 Å². The first-order chi connectivity index (χ1) is 12.2. The third-order valence-electron chi connectivity index (χ3n) is 3.87. The highest BCUT2D eigenvalue weighted by Gasteiger charge is 2.26. The molecule has 0 saturated carbocycles. The fraction of sp³-hybridized carbons (Fsp3) is 0.471. The van der Waals surface area contributed by atoms with Gasteiger partial charge in [0.15, 0.2) is 0 Å². The highest BCUT2D eigenvalue weighted by Crippen LogP contribution is 2.22. The lowest BCUT2D eigenvalue weighted by Crippen LogP contribution is -2.36. The number of carbonyl (C=O) groups excluding carboxylic acids is 1. The van der Waals surface area contributed by atoms with Gasteiger partial charge in [0.25, 0.3) is 0 Å². The van der Waals surface area contributed by atoms with Crippen LogP contribution in [0.15, 0.2) is 24.3 Å². The number of aliphatic hydroxyl groups excluding tert-OH is 1. The number of rotatable bonds is 4. The van der Waals surface area contributed by atoms with E-state index in [1.54, 1.807) is 24.3 Å². The molecule has 1 aliphatic heterocycles. The number of aliphatic carboxylic acids is 2. The van der Waals surface area contributed by atoms with E-state index < -0.39 is 17.9 Å². The first-order valence-corrected chi connectivity index (χ1v) is 8.34. The van der Waals surface area contributed by atoms with Gasteiger partial charge in [0.1, 0.15) is 12.0 Å². The van der Waals surface area contributed by atoms with E-state index in [2.05, 4.69) is 11.9 Å². The molecule has 3 N–H and O–H groups in total. The lowest BCUT2D eigenvalue weighted by Gasteiger charge is -2.29. The van der Waals surface area contributed by atoms with Crippen molar-refractivity contribution in [3.63, 3.8) is 0 Å². The van der Waals surface area contributed by atoms with Crippen LogP contribution in [0, 0.1) is 0 Å². The Labute approximate surface area is 155 Å². The Kier molecular flexibility index (Phi) is 9.04. The molecule has 1 unspecified atom stereocenters. The molecule has 1 heterocycles. The van der Waals surface area contributed by atoms with Gasteiger partial charge in [-0.05, 0) is 37.6 Å². The number of piperidine rings is 1. The van der Waals surface area contributed by atoms with Crippen LogP contribution >= 0.6 is 11.6 Å².